The number of hydrogen-bond donors (Lipinski definition) is 3. The predicted octanol–water partition coefficient (Wildman–Crippen LogP) is 2.21. The van der Waals surface area contributed by atoms with Gasteiger partial charge in [-0.15, -0.1) is 0 Å². The number of hydrogen-bond acceptors (Lipinski definition) is 3. The third kappa shape index (κ3) is 3.47. The number of anilines is 2. The minimum atomic E-state index is 0.108. The Morgan fingerprint density at radius 3 is 2.84 bits per heavy atom. The van der Waals surface area contributed by atoms with Crippen molar-refractivity contribution in [2.45, 2.75) is 26.7 Å². The standard InChI is InChI=1S/C15H23N3O/c1-10(2)12(8-16)9-17-13-4-5-14-11(7-13)3-6-15(19)18-14/h4-5,7,10,12,17H,3,6,8-9,16H2,1-2H3,(H,18,19). The van der Waals surface area contributed by atoms with Gasteiger partial charge in [-0.05, 0) is 48.6 Å². The van der Waals surface area contributed by atoms with Gasteiger partial charge in [0.25, 0.3) is 0 Å². The Bertz CT molecular complexity index is 457. The third-order valence-electron chi connectivity index (χ3n) is 3.81. The zero-order valence-corrected chi connectivity index (χ0v) is 11.7. The first-order valence-electron chi connectivity index (χ1n) is 6.97. The van der Waals surface area contributed by atoms with Crippen LogP contribution in [0.3, 0.4) is 0 Å². The highest BCUT2D eigenvalue weighted by molar-refractivity contribution is 5.94. The molecule has 0 fully saturated rings. The highest BCUT2D eigenvalue weighted by Gasteiger charge is 2.15. The number of benzene rings is 1. The molecule has 1 heterocycles. The van der Waals surface area contributed by atoms with E-state index in [-0.39, 0.29) is 5.91 Å². The van der Waals surface area contributed by atoms with Crippen LogP contribution in [0.25, 0.3) is 0 Å². The Morgan fingerprint density at radius 1 is 1.37 bits per heavy atom. The van der Waals surface area contributed by atoms with E-state index in [1.807, 2.05) is 12.1 Å². The second-order valence-corrected chi connectivity index (χ2v) is 5.54. The Morgan fingerprint density at radius 2 is 2.16 bits per heavy atom. The van der Waals surface area contributed by atoms with Crippen LogP contribution in [0.4, 0.5) is 11.4 Å². The van der Waals surface area contributed by atoms with Crippen LogP contribution in [0.5, 0.6) is 0 Å². The van der Waals surface area contributed by atoms with E-state index in [9.17, 15) is 4.79 Å². The number of nitrogens with one attached hydrogen (secondary N) is 2. The molecule has 1 aromatic carbocycles. The fourth-order valence-corrected chi connectivity index (χ4v) is 2.33. The average Bonchev–Trinajstić information content (AvgIpc) is 2.39. The first kappa shape index (κ1) is 13.9. The van der Waals surface area contributed by atoms with Crippen molar-refractivity contribution in [1.29, 1.82) is 0 Å². The van der Waals surface area contributed by atoms with Crippen molar-refractivity contribution in [3.05, 3.63) is 23.8 Å². The monoisotopic (exact) mass is 261 g/mol. The summed E-state index contributed by atoms with van der Waals surface area (Å²) in [6.45, 7) is 5.98. The summed E-state index contributed by atoms with van der Waals surface area (Å²) in [5.41, 5.74) is 9.03. The Kier molecular flexibility index (Phi) is 4.43. The van der Waals surface area contributed by atoms with E-state index < -0.39 is 0 Å². The fraction of sp³-hybridized carbons (Fsp3) is 0.533. The van der Waals surface area contributed by atoms with Crippen LogP contribution >= 0.6 is 0 Å². The highest BCUT2D eigenvalue weighted by atomic mass is 16.1. The van der Waals surface area contributed by atoms with Crippen molar-refractivity contribution in [2.24, 2.45) is 17.6 Å². The lowest BCUT2D eigenvalue weighted by molar-refractivity contribution is -0.116. The van der Waals surface area contributed by atoms with Crippen LogP contribution < -0.4 is 16.4 Å². The Hall–Kier alpha value is -1.55. The van der Waals surface area contributed by atoms with Crippen LogP contribution in [0.15, 0.2) is 18.2 Å². The van der Waals surface area contributed by atoms with Crippen LogP contribution in [-0.4, -0.2) is 19.0 Å². The summed E-state index contributed by atoms with van der Waals surface area (Å²) in [4.78, 5) is 11.3. The van der Waals surface area contributed by atoms with Crippen molar-refractivity contribution in [3.63, 3.8) is 0 Å². The maximum Gasteiger partial charge on any atom is 0.224 e. The maximum absolute atomic E-state index is 11.3. The van der Waals surface area contributed by atoms with E-state index >= 15 is 0 Å². The summed E-state index contributed by atoms with van der Waals surface area (Å²) in [6.07, 6.45) is 1.40. The summed E-state index contributed by atoms with van der Waals surface area (Å²) in [6, 6.07) is 6.11. The van der Waals surface area contributed by atoms with Crippen molar-refractivity contribution in [3.8, 4) is 0 Å². The molecular weight excluding hydrogens is 238 g/mol. The number of fused-ring (bicyclic) bond motifs is 1. The van der Waals surface area contributed by atoms with Gasteiger partial charge in [-0.1, -0.05) is 13.8 Å². The lowest BCUT2D eigenvalue weighted by Crippen LogP contribution is -2.27. The van der Waals surface area contributed by atoms with Crippen LogP contribution in [0.2, 0.25) is 0 Å². The average molecular weight is 261 g/mol. The smallest absolute Gasteiger partial charge is 0.224 e. The van der Waals surface area contributed by atoms with Gasteiger partial charge < -0.3 is 16.4 Å². The van der Waals surface area contributed by atoms with Gasteiger partial charge in [-0.2, -0.15) is 0 Å². The predicted molar refractivity (Wildman–Crippen MR) is 79.3 cm³/mol. The lowest BCUT2D eigenvalue weighted by atomic mass is 9.96. The molecule has 0 aliphatic carbocycles. The summed E-state index contributed by atoms with van der Waals surface area (Å²) in [5.74, 6) is 1.17. The number of carbonyl (C=O) groups is 1. The van der Waals surface area contributed by atoms with E-state index in [4.69, 9.17) is 5.73 Å². The molecule has 4 N–H and O–H groups in total. The van der Waals surface area contributed by atoms with E-state index in [1.165, 1.54) is 5.56 Å². The number of carbonyl (C=O) groups excluding carboxylic acids is 1. The summed E-state index contributed by atoms with van der Waals surface area (Å²) < 4.78 is 0. The number of nitrogens with two attached hydrogens (primary N) is 1. The minimum Gasteiger partial charge on any atom is -0.385 e. The van der Waals surface area contributed by atoms with Crippen molar-refractivity contribution in [1.82, 2.24) is 0 Å². The molecule has 1 unspecified atom stereocenters. The first-order chi connectivity index (χ1) is 9.10. The normalized spacial score (nSPS) is 15.9. The van der Waals surface area contributed by atoms with Gasteiger partial charge >= 0.3 is 0 Å². The molecular formula is C15H23N3O. The largest absolute Gasteiger partial charge is 0.385 e. The van der Waals surface area contributed by atoms with E-state index in [0.29, 0.717) is 24.8 Å². The lowest BCUT2D eigenvalue weighted by Gasteiger charge is -2.21. The molecule has 4 nitrogen and oxygen atoms in total. The van der Waals surface area contributed by atoms with Gasteiger partial charge in [0.2, 0.25) is 5.91 Å². The molecule has 1 amide bonds. The molecule has 0 aromatic heterocycles. The molecule has 104 valence electrons. The number of rotatable bonds is 5. The Labute approximate surface area is 114 Å². The van der Waals surface area contributed by atoms with E-state index in [1.54, 1.807) is 0 Å². The zero-order chi connectivity index (χ0) is 13.8. The molecule has 0 saturated carbocycles. The second-order valence-electron chi connectivity index (χ2n) is 5.54. The molecule has 1 atom stereocenters. The van der Waals surface area contributed by atoms with Crippen LogP contribution in [-0.2, 0) is 11.2 Å². The number of aryl methyl sites for hydroxylation is 1. The maximum atomic E-state index is 11.3. The SMILES string of the molecule is CC(C)C(CN)CNc1ccc2c(c1)CCC(=O)N2. The summed E-state index contributed by atoms with van der Waals surface area (Å²) in [5, 5.41) is 6.34. The Balaban J connectivity index is 2.00. The topological polar surface area (TPSA) is 67.1 Å². The molecule has 2 rings (SSSR count). The van der Waals surface area contributed by atoms with Gasteiger partial charge in [0.15, 0.2) is 0 Å². The third-order valence-corrected chi connectivity index (χ3v) is 3.81. The van der Waals surface area contributed by atoms with Gasteiger partial charge in [0.05, 0.1) is 0 Å². The number of amides is 1. The first-order valence-corrected chi connectivity index (χ1v) is 6.97. The molecule has 1 aliphatic heterocycles. The van der Waals surface area contributed by atoms with E-state index in [0.717, 1.165) is 24.3 Å². The molecule has 0 saturated heterocycles. The molecule has 1 aliphatic rings. The highest BCUT2D eigenvalue weighted by Crippen LogP contribution is 2.25. The molecule has 0 radical (unpaired) electrons. The second kappa shape index (κ2) is 6.06. The zero-order valence-electron chi connectivity index (χ0n) is 11.7. The molecule has 0 spiro atoms. The van der Waals surface area contributed by atoms with Crippen molar-refractivity contribution in [2.75, 3.05) is 23.7 Å². The van der Waals surface area contributed by atoms with Crippen molar-refractivity contribution < 1.29 is 4.79 Å². The molecule has 4 heteroatoms. The fourth-order valence-electron chi connectivity index (χ4n) is 2.33. The summed E-state index contributed by atoms with van der Waals surface area (Å²) >= 11 is 0. The minimum absolute atomic E-state index is 0.108. The molecule has 1 aromatic rings. The van der Waals surface area contributed by atoms with Gasteiger partial charge in [-0.25, -0.2) is 0 Å². The molecule has 0 bridgehead atoms. The van der Waals surface area contributed by atoms with Gasteiger partial charge in [0, 0.05) is 24.3 Å². The van der Waals surface area contributed by atoms with E-state index in [2.05, 4.69) is 30.5 Å². The summed E-state index contributed by atoms with van der Waals surface area (Å²) in [7, 11) is 0. The van der Waals surface area contributed by atoms with Gasteiger partial charge in [-0.3, -0.25) is 4.79 Å². The van der Waals surface area contributed by atoms with Gasteiger partial charge in [0.1, 0.15) is 0 Å². The molecule has 19 heavy (non-hydrogen) atoms. The van der Waals surface area contributed by atoms with Crippen LogP contribution in [0.1, 0.15) is 25.8 Å². The van der Waals surface area contributed by atoms with Crippen molar-refractivity contribution >= 4 is 17.3 Å². The van der Waals surface area contributed by atoms with Crippen LogP contribution in [0, 0.1) is 11.8 Å². The quantitative estimate of drug-likeness (QED) is 0.761.